The molecule has 0 saturated carbocycles. The summed E-state index contributed by atoms with van der Waals surface area (Å²) in [6.07, 6.45) is 2.72. The predicted molar refractivity (Wildman–Crippen MR) is 96.3 cm³/mol. The van der Waals surface area contributed by atoms with Crippen LogP contribution in [0.1, 0.15) is 5.56 Å². The molecule has 4 nitrogen and oxygen atoms in total. The Morgan fingerprint density at radius 3 is 2.50 bits per heavy atom. The first-order chi connectivity index (χ1) is 11.5. The number of benzene rings is 2. The molecule has 0 atom stereocenters. The molecular formula is C18H15Cl2NO3. The summed E-state index contributed by atoms with van der Waals surface area (Å²) in [7, 11) is 1.62. The maximum atomic E-state index is 12.0. The normalized spacial score (nSPS) is 10.6. The van der Waals surface area contributed by atoms with E-state index in [2.05, 4.69) is 0 Å². The number of rotatable bonds is 5. The van der Waals surface area contributed by atoms with Gasteiger partial charge in [-0.25, -0.2) is 4.79 Å². The van der Waals surface area contributed by atoms with Crippen LogP contribution < -0.4 is 4.90 Å². The van der Waals surface area contributed by atoms with Gasteiger partial charge in [0.1, 0.15) is 0 Å². The molecule has 0 aliphatic heterocycles. The Kier molecular flexibility index (Phi) is 6.41. The van der Waals surface area contributed by atoms with Crippen molar-refractivity contribution in [1.82, 2.24) is 0 Å². The van der Waals surface area contributed by atoms with Gasteiger partial charge in [0.15, 0.2) is 6.61 Å². The lowest BCUT2D eigenvalue weighted by Crippen LogP contribution is -2.30. The number of anilines is 1. The summed E-state index contributed by atoms with van der Waals surface area (Å²) < 4.78 is 4.95. The molecule has 0 heterocycles. The van der Waals surface area contributed by atoms with E-state index in [1.165, 1.54) is 17.1 Å². The van der Waals surface area contributed by atoms with Gasteiger partial charge < -0.3 is 9.64 Å². The van der Waals surface area contributed by atoms with Crippen molar-refractivity contribution in [2.75, 3.05) is 18.6 Å². The van der Waals surface area contributed by atoms with E-state index in [1.807, 2.05) is 18.2 Å². The SMILES string of the molecule is CN(C(=O)COC(=O)/C=C/c1ccc(Cl)cc1Cl)c1ccccc1. The lowest BCUT2D eigenvalue weighted by molar-refractivity contribution is -0.142. The van der Waals surface area contributed by atoms with Crippen molar-refractivity contribution in [3.8, 4) is 0 Å². The first kappa shape index (κ1) is 18.0. The standard InChI is InChI=1S/C18H15Cl2NO3/c1-21(15-5-3-2-4-6-15)17(22)12-24-18(23)10-8-13-7-9-14(19)11-16(13)20/h2-11H,12H2,1H3/b10-8+. The van der Waals surface area contributed by atoms with Crippen LogP contribution in [-0.2, 0) is 14.3 Å². The molecule has 0 fully saturated rings. The van der Waals surface area contributed by atoms with Gasteiger partial charge in [0.2, 0.25) is 0 Å². The van der Waals surface area contributed by atoms with Gasteiger partial charge in [-0.1, -0.05) is 47.5 Å². The van der Waals surface area contributed by atoms with Crippen molar-refractivity contribution in [3.63, 3.8) is 0 Å². The molecule has 2 aromatic rings. The number of hydrogen-bond donors (Lipinski definition) is 0. The molecule has 0 bridgehead atoms. The zero-order valence-corrected chi connectivity index (χ0v) is 14.4. The first-order valence-electron chi connectivity index (χ1n) is 7.09. The van der Waals surface area contributed by atoms with E-state index in [9.17, 15) is 9.59 Å². The molecule has 0 N–H and O–H groups in total. The molecule has 0 aromatic heterocycles. The van der Waals surface area contributed by atoms with Crippen LogP contribution in [0.4, 0.5) is 5.69 Å². The van der Waals surface area contributed by atoms with Crippen LogP contribution >= 0.6 is 23.2 Å². The Balaban J connectivity index is 1.88. The molecule has 0 unspecified atom stereocenters. The molecule has 24 heavy (non-hydrogen) atoms. The third-order valence-electron chi connectivity index (χ3n) is 3.22. The van der Waals surface area contributed by atoms with E-state index in [1.54, 1.807) is 37.4 Å². The summed E-state index contributed by atoms with van der Waals surface area (Å²) in [5, 5.41) is 0.931. The average Bonchev–Trinajstić information content (AvgIpc) is 2.59. The molecular weight excluding hydrogens is 349 g/mol. The average molecular weight is 364 g/mol. The molecule has 6 heteroatoms. The van der Waals surface area contributed by atoms with Crippen LogP contribution in [0.25, 0.3) is 6.08 Å². The summed E-state index contributed by atoms with van der Waals surface area (Å²) in [5.41, 5.74) is 1.35. The molecule has 124 valence electrons. The highest BCUT2D eigenvalue weighted by Gasteiger charge is 2.12. The van der Waals surface area contributed by atoms with Crippen LogP contribution in [0, 0.1) is 0 Å². The van der Waals surface area contributed by atoms with E-state index >= 15 is 0 Å². The number of nitrogens with zero attached hydrogens (tertiary/aromatic N) is 1. The summed E-state index contributed by atoms with van der Waals surface area (Å²) in [5.74, 6) is -0.955. The molecule has 1 amide bonds. The summed E-state index contributed by atoms with van der Waals surface area (Å²) in [4.78, 5) is 25.1. The van der Waals surface area contributed by atoms with Crippen molar-refractivity contribution in [2.24, 2.45) is 0 Å². The molecule has 0 aliphatic carbocycles. The van der Waals surface area contributed by atoms with Crippen LogP contribution in [0.3, 0.4) is 0 Å². The lowest BCUT2D eigenvalue weighted by Gasteiger charge is -2.16. The molecule has 2 aromatic carbocycles. The Bertz CT molecular complexity index is 760. The van der Waals surface area contributed by atoms with Crippen molar-refractivity contribution in [3.05, 3.63) is 70.2 Å². The largest absolute Gasteiger partial charge is 0.452 e. The number of amides is 1. The van der Waals surface area contributed by atoms with Crippen LogP contribution in [-0.4, -0.2) is 25.5 Å². The lowest BCUT2D eigenvalue weighted by atomic mass is 10.2. The van der Waals surface area contributed by atoms with Crippen molar-refractivity contribution in [2.45, 2.75) is 0 Å². The Morgan fingerprint density at radius 1 is 1.12 bits per heavy atom. The number of ether oxygens (including phenoxy) is 1. The number of para-hydroxylation sites is 1. The third kappa shape index (κ3) is 5.11. The summed E-state index contributed by atoms with van der Waals surface area (Å²) >= 11 is 11.8. The van der Waals surface area contributed by atoms with Gasteiger partial charge in [-0.15, -0.1) is 0 Å². The highest BCUT2D eigenvalue weighted by atomic mass is 35.5. The fourth-order valence-corrected chi connectivity index (χ4v) is 2.34. The minimum atomic E-state index is -0.629. The molecule has 0 spiro atoms. The Morgan fingerprint density at radius 2 is 1.83 bits per heavy atom. The zero-order chi connectivity index (χ0) is 17.5. The second kappa shape index (κ2) is 8.52. The molecule has 0 aliphatic rings. The first-order valence-corrected chi connectivity index (χ1v) is 7.84. The van der Waals surface area contributed by atoms with Gasteiger partial charge >= 0.3 is 5.97 Å². The quantitative estimate of drug-likeness (QED) is 0.590. The summed E-state index contributed by atoms with van der Waals surface area (Å²) in [6, 6.07) is 14.0. The van der Waals surface area contributed by atoms with Crippen LogP contribution in [0.15, 0.2) is 54.6 Å². The van der Waals surface area contributed by atoms with Gasteiger partial charge in [0, 0.05) is 28.9 Å². The minimum Gasteiger partial charge on any atom is -0.452 e. The van der Waals surface area contributed by atoms with Gasteiger partial charge in [-0.3, -0.25) is 4.79 Å². The van der Waals surface area contributed by atoms with E-state index in [4.69, 9.17) is 27.9 Å². The number of likely N-dealkylation sites (N-methyl/N-ethyl adjacent to an activating group) is 1. The van der Waals surface area contributed by atoms with Crippen LogP contribution in [0.5, 0.6) is 0 Å². The zero-order valence-electron chi connectivity index (χ0n) is 12.9. The van der Waals surface area contributed by atoms with Gasteiger partial charge in [0.25, 0.3) is 5.91 Å². The maximum absolute atomic E-state index is 12.0. The van der Waals surface area contributed by atoms with E-state index in [0.29, 0.717) is 15.6 Å². The fourth-order valence-electron chi connectivity index (χ4n) is 1.87. The van der Waals surface area contributed by atoms with Gasteiger partial charge in [-0.05, 0) is 35.9 Å². The smallest absolute Gasteiger partial charge is 0.331 e. The van der Waals surface area contributed by atoms with Gasteiger partial charge in [0.05, 0.1) is 0 Å². The van der Waals surface area contributed by atoms with Crippen molar-refractivity contribution in [1.29, 1.82) is 0 Å². The minimum absolute atomic E-state index is 0.326. The van der Waals surface area contributed by atoms with E-state index < -0.39 is 5.97 Å². The number of halogens is 2. The molecule has 2 rings (SSSR count). The second-order valence-corrected chi connectivity index (χ2v) is 5.74. The molecule has 0 radical (unpaired) electrons. The second-order valence-electron chi connectivity index (χ2n) is 4.90. The topological polar surface area (TPSA) is 46.6 Å². The number of carbonyl (C=O) groups is 2. The van der Waals surface area contributed by atoms with Gasteiger partial charge in [-0.2, -0.15) is 0 Å². The Labute approximate surface area is 150 Å². The molecule has 0 saturated heterocycles. The number of carbonyl (C=O) groups excluding carboxylic acids is 2. The maximum Gasteiger partial charge on any atom is 0.331 e. The van der Waals surface area contributed by atoms with Crippen molar-refractivity contribution < 1.29 is 14.3 Å². The highest BCUT2D eigenvalue weighted by molar-refractivity contribution is 6.35. The fraction of sp³-hybridized carbons (Fsp3) is 0.111. The monoisotopic (exact) mass is 363 g/mol. The van der Waals surface area contributed by atoms with E-state index in [0.717, 1.165) is 5.69 Å². The number of hydrogen-bond acceptors (Lipinski definition) is 3. The third-order valence-corrected chi connectivity index (χ3v) is 3.78. The highest BCUT2D eigenvalue weighted by Crippen LogP contribution is 2.22. The van der Waals surface area contributed by atoms with E-state index in [-0.39, 0.29) is 12.5 Å². The Hall–Kier alpha value is -2.30. The number of esters is 1. The summed E-state index contributed by atoms with van der Waals surface area (Å²) in [6.45, 7) is -0.344. The predicted octanol–water partition coefficient (Wildman–Crippen LogP) is 4.21. The van der Waals surface area contributed by atoms with Crippen molar-refractivity contribution >= 4 is 46.8 Å². The van der Waals surface area contributed by atoms with Crippen LogP contribution in [0.2, 0.25) is 10.0 Å².